The van der Waals surface area contributed by atoms with E-state index in [4.69, 9.17) is 9.40 Å². The summed E-state index contributed by atoms with van der Waals surface area (Å²) in [6.45, 7) is 9.14. The Morgan fingerprint density at radius 1 is 0.844 bits per heavy atom. The average molecular weight is 423 g/mol. The number of rotatable bonds is 6. The summed E-state index contributed by atoms with van der Waals surface area (Å²) in [5.74, 6) is 2.03. The van der Waals surface area contributed by atoms with E-state index in [1.54, 1.807) is 0 Å². The second-order valence-electron chi connectivity index (χ2n) is 9.52. The molecule has 0 radical (unpaired) electrons. The van der Waals surface area contributed by atoms with E-state index in [-0.39, 0.29) is 0 Å². The van der Waals surface area contributed by atoms with Crippen molar-refractivity contribution in [2.75, 3.05) is 0 Å². The lowest BCUT2D eigenvalue weighted by molar-refractivity contribution is 0.629. The lowest BCUT2D eigenvalue weighted by atomic mass is 9.90. The van der Waals surface area contributed by atoms with Crippen molar-refractivity contribution in [1.29, 1.82) is 0 Å². The first kappa shape index (κ1) is 20.6. The molecule has 0 atom stereocenters. The molecule has 0 aliphatic rings. The Morgan fingerprint density at radius 2 is 1.56 bits per heavy atom. The molecule has 0 saturated carbocycles. The lowest BCUT2D eigenvalue weighted by Crippen LogP contribution is -2.10. The first-order valence-electron chi connectivity index (χ1n) is 11.6. The van der Waals surface area contributed by atoms with Crippen LogP contribution in [-0.4, -0.2) is 9.55 Å². The number of nitrogens with zero attached hydrogens (tertiary/aromatic N) is 2. The van der Waals surface area contributed by atoms with E-state index in [1.807, 2.05) is 12.3 Å². The number of imidazole rings is 1. The van der Waals surface area contributed by atoms with Gasteiger partial charge >= 0.3 is 0 Å². The third-order valence-electron chi connectivity index (χ3n) is 5.97. The quantitative estimate of drug-likeness (QED) is 0.279. The van der Waals surface area contributed by atoms with Gasteiger partial charge in [0.05, 0.1) is 5.69 Å². The largest absolute Gasteiger partial charge is 0.456 e. The maximum Gasteiger partial charge on any atom is 0.144 e. The van der Waals surface area contributed by atoms with Crippen LogP contribution in [0.15, 0.2) is 77.5 Å². The molecule has 0 bridgehead atoms. The number of furan rings is 1. The molecule has 0 aliphatic heterocycles. The van der Waals surface area contributed by atoms with Crippen molar-refractivity contribution in [2.45, 2.75) is 40.5 Å². The van der Waals surface area contributed by atoms with Crippen LogP contribution in [0.4, 0.5) is 0 Å². The summed E-state index contributed by atoms with van der Waals surface area (Å²) in [5.41, 5.74) is 7.01. The Bertz CT molecular complexity index is 1370. The van der Waals surface area contributed by atoms with Crippen LogP contribution >= 0.6 is 0 Å². The zero-order chi connectivity index (χ0) is 22.2. The van der Waals surface area contributed by atoms with Gasteiger partial charge in [-0.2, -0.15) is 0 Å². The van der Waals surface area contributed by atoms with E-state index in [0.29, 0.717) is 11.8 Å². The Balaban J connectivity index is 1.89. The van der Waals surface area contributed by atoms with Crippen molar-refractivity contribution < 1.29 is 4.42 Å². The maximum absolute atomic E-state index is 6.36. The smallest absolute Gasteiger partial charge is 0.144 e. The van der Waals surface area contributed by atoms with E-state index in [0.717, 1.165) is 35.4 Å². The summed E-state index contributed by atoms with van der Waals surface area (Å²) >= 11 is 0. The van der Waals surface area contributed by atoms with Gasteiger partial charge in [-0.1, -0.05) is 76.2 Å². The van der Waals surface area contributed by atoms with Crippen LogP contribution in [-0.2, 0) is 12.8 Å². The Kier molecular flexibility index (Phi) is 5.34. The van der Waals surface area contributed by atoms with E-state index in [2.05, 4.69) is 93.1 Å². The fraction of sp³-hybridized carbons (Fsp3) is 0.276. The normalized spacial score (nSPS) is 11.9. The molecule has 3 aromatic carbocycles. The fourth-order valence-corrected chi connectivity index (χ4v) is 4.80. The van der Waals surface area contributed by atoms with Crippen LogP contribution < -0.4 is 0 Å². The first-order valence-corrected chi connectivity index (χ1v) is 11.6. The lowest BCUT2D eigenvalue weighted by Gasteiger charge is -2.21. The third kappa shape index (κ3) is 3.62. The standard InChI is InChI=1S/C29H30N2O/c1-19(2)16-22-18-26-27(23-12-8-9-13-25(23)32-26)24(17-20(3)4)28(22)31-15-14-30-29(31)21-10-6-5-7-11-21/h5-15,18-20H,16-17H2,1-4H3. The Hall–Kier alpha value is -3.33. The van der Waals surface area contributed by atoms with Gasteiger partial charge in [0, 0.05) is 28.7 Å². The molecule has 0 N–H and O–H groups in total. The van der Waals surface area contributed by atoms with Gasteiger partial charge in [0.2, 0.25) is 0 Å². The van der Waals surface area contributed by atoms with Crippen LogP contribution in [0, 0.1) is 11.8 Å². The summed E-state index contributed by atoms with van der Waals surface area (Å²) < 4.78 is 8.66. The first-order chi connectivity index (χ1) is 15.5. The number of fused-ring (bicyclic) bond motifs is 3. The van der Waals surface area contributed by atoms with Crippen LogP contribution in [0.3, 0.4) is 0 Å². The van der Waals surface area contributed by atoms with Gasteiger partial charge in [0.25, 0.3) is 0 Å². The second-order valence-corrected chi connectivity index (χ2v) is 9.52. The molecular weight excluding hydrogens is 392 g/mol. The highest BCUT2D eigenvalue weighted by atomic mass is 16.3. The highest BCUT2D eigenvalue weighted by molar-refractivity contribution is 6.08. The minimum absolute atomic E-state index is 0.517. The van der Waals surface area contributed by atoms with E-state index < -0.39 is 0 Å². The van der Waals surface area contributed by atoms with Crippen molar-refractivity contribution >= 4 is 21.9 Å². The van der Waals surface area contributed by atoms with E-state index in [1.165, 1.54) is 27.6 Å². The van der Waals surface area contributed by atoms with Crippen LogP contribution in [0.5, 0.6) is 0 Å². The van der Waals surface area contributed by atoms with Gasteiger partial charge in [0.1, 0.15) is 17.0 Å². The highest BCUT2D eigenvalue weighted by Gasteiger charge is 2.23. The summed E-state index contributed by atoms with van der Waals surface area (Å²) in [6, 6.07) is 21.1. The molecule has 162 valence electrons. The molecule has 0 unspecified atom stereocenters. The minimum Gasteiger partial charge on any atom is -0.456 e. The van der Waals surface area contributed by atoms with Crippen LogP contribution in [0.25, 0.3) is 39.0 Å². The topological polar surface area (TPSA) is 31.0 Å². The minimum atomic E-state index is 0.517. The third-order valence-corrected chi connectivity index (χ3v) is 5.97. The van der Waals surface area contributed by atoms with E-state index >= 15 is 0 Å². The summed E-state index contributed by atoms with van der Waals surface area (Å²) in [6.07, 6.45) is 5.99. The molecule has 0 aliphatic carbocycles. The van der Waals surface area contributed by atoms with Gasteiger partial charge in [-0.15, -0.1) is 0 Å². The van der Waals surface area contributed by atoms with Crippen molar-refractivity contribution in [2.24, 2.45) is 11.8 Å². The molecule has 5 rings (SSSR count). The molecule has 0 saturated heterocycles. The van der Waals surface area contributed by atoms with Crippen molar-refractivity contribution in [3.63, 3.8) is 0 Å². The Labute approximate surface area is 189 Å². The monoisotopic (exact) mass is 422 g/mol. The molecule has 0 spiro atoms. The summed E-state index contributed by atoms with van der Waals surface area (Å²) in [5, 5.41) is 2.43. The molecule has 3 nitrogen and oxygen atoms in total. The second kappa shape index (κ2) is 8.31. The van der Waals surface area contributed by atoms with Crippen molar-refractivity contribution in [3.8, 4) is 17.1 Å². The number of aromatic nitrogens is 2. The van der Waals surface area contributed by atoms with Gasteiger partial charge in [0.15, 0.2) is 0 Å². The van der Waals surface area contributed by atoms with Gasteiger partial charge in [-0.3, -0.25) is 4.57 Å². The predicted molar refractivity (Wildman–Crippen MR) is 133 cm³/mol. The number of hydrogen-bond donors (Lipinski definition) is 0. The molecule has 32 heavy (non-hydrogen) atoms. The molecule has 2 heterocycles. The van der Waals surface area contributed by atoms with E-state index in [9.17, 15) is 0 Å². The summed E-state index contributed by atoms with van der Waals surface area (Å²) in [4.78, 5) is 4.77. The fourth-order valence-electron chi connectivity index (χ4n) is 4.80. The SMILES string of the molecule is CC(C)Cc1cc2oc3ccccc3c2c(CC(C)C)c1-n1ccnc1-c1ccccc1. The predicted octanol–water partition coefficient (Wildman–Crippen LogP) is 7.84. The molecule has 3 heteroatoms. The highest BCUT2D eigenvalue weighted by Crippen LogP contribution is 2.39. The zero-order valence-electron chi connectivity index (χ0n) is 19.3. The maximum atomic E-state index is 6.36. The number of benzene rings is 3. The molecule has 2 aromatic heterocycles. The Morgan fingerprint density at radius 3 is 2.31 bits per heavy atom. The number of hydrogen-bond acceptors (Lipinski definition) is 2. The van der Waals surface area contributed by atoms with Crippen LogP contribution in [0.2, 0.25) is 0 Å². The van der Waals surface area contributed by atoms with Gasteiger partial charge in [-0.05, 0) is 47.9 Å². The zero-order valence-corrected chi connectivity index (χ0v) is 19.3. The molecule has 0 fully saturated rings. The van der Waals surface area contributed by atoms with Gasteiger partial charge in [-0.25, -0.2) is 4.98 Å². The molecule has 0 amide bonds. The van der Waals surface area contributed by atoms with Gasteiger partial charge < -0.3 is 4.42 Å². The molecule has 5 aromatic rings. The summed E-state index contributed by atoms with van der Waals surface area (Å²) in [7, 11) is 0. The average Bonchev–Trinajstić information content (AvgIpc) is 3.38. The van der Waals surface area contributed by atoms with Crippen molar-refractivity contribution in [1.82, 2.24) is 9.55 Å². The van der Waals surface area contributed by atoms with Crippen molar-refractivity contribution in [3.05, 3.63) is 84.2 Å². The molecular formula is C29H30N2O. The van der Waals surface area contributed by atoms with Crippen LogP contribution in [0.1, 0.15) is 38.8 Å². The number of para-hydroxylation sites is 1.